The summed E-state index contributed by atoms with van der Waals surface area (Å²) in [6.07, 6.45) is 0.726. The van der Waals surface area contributed by atoms with Gasteiger partial charge in [0.2, 0.25) is 10.0 Å². The molecule has 2 aromatic rings. The first kappa shape index (κ1) is 22.7. The van der Waals surface area contributed by atoms with Gasteiger partial charge in [0, 0.05) is 18.7 Å². The van der Waals surface area contributed by atoms with E-state index in [2.05, 4.69) is 21.7 Å². The van der Waals surface area contributed by atoms with Gasteiger partial charge in [-0.3, -0.25) is 0 Å². The fraction of sp³-hybridized carbons (Fsp3) is 0.381. The molecule has 0 spiro atoms. The molecule has 7 nitrogen and oxygen atoms in total. The predicted molar refractivity (Wildman–Crippen MR) is 117 cm³/mol. The maximum absolute atomic E-state index is 11.3. The Morgan fingerprint density at radius 3 is 2.45 bits per heavy atom. The van der Waals surface area contributed by atoms with E-state index in [0.29, 0.717) is 19.7 Å². The van der Waals surface area contributed by atoms with Gasteiger partial charge in [-0.15, -0.1) is 0 Å². The van der Waals surface area contributed by atoms with Crippen molar-refractivity contribution in [2.75, 3.05) is 19.7 Å². The van der Waals surface area contributed by atoms with E-state index < -0.39 is 10.0 Å². The van der Waals surface area contributed by atoms with E-state index in [1.165, 1.54) is 12.1 Å². The van der Waals surface area contributed by atoms with Crippen molar-refractivity contribution in [3.8, 4) is 5.75 Å². The molecule has 0 saturated carbocycles. The van der Waals surface area contributed by atoms with E-state index in [4.69, 9.17) is 9.88 Å². The highest BCUT2D eigenvalue weighted by Gasteiger charge is 2.07. The molecule has 0 fully saturated rings. The number of hydrogen-bond donors (Lipinski definition) is 3. The molecule has 0 heterocycles. The van der Waals surface area contributed by atoms with Crippen LogP contribution in [0.4, 0.5) is 0 Å². The van der Waals surface area contributed by atoms with Crippen molar-refractivity contribution in [3.05, 3.63) is 59.2 Å². The third kappa shape index (κ3) is 7.40. The predicted octanol–water partition coefficient (Wildman–Crippen LogP) is 2.34. The van der Waals surface area contributed by atoms with Crippen LogP contribution in [0.2, 0.25) is 0 Å². The standard InChI is InChI=1S/C21H30N4O3S/c1-4-23-21(25-15-18-9-6-16(3)14-20(18)28-5-2)24-13-12-17-7-10-19(11-8-17)29(22,26)27/h6-11,14H,4-5,12-13,15H2,1-3H3,(H2,22,26,27)(H2,23,24,25). The van der Waals surface area contributed by atoms with Crippen LogP contribution >= 0.6 is 0 Å². The third-order valence-electron chi connectivity index (χ3n) is 4.23. The number of aliphatic imine (C=N–C) groups is 1. The lowest BCUT2D eigenvalue weighted by molar-refractivity contribution is 0.336. The van der Waals surface area contributed by atoms with Crippen LogP contribution in [0.25, 0.3) is 0 Å². The van der Waals surface area contributed by atoms with Crippen molar-refractivity contribution in [2.24, 2.45) is 10.1 Å². The zero-order valence-electron chi connectivity index (χ0n) is 17.2. The molecule has 2 rings (SSSR count). The van der Waals surface area contributed by atoms with Crippen molar-refractivity contribution >= 4 is 16.0 Å². The second-order valence-electron chi connectivity index (χ2n) is 6.61. The van der Waals surface area contributed by atoms with Crippen LogP contribution in [0.1, 0.15) is 30.5 Å². The molecule has 8 heteroatoms. The zero-order valence-corrected chi connectivity index (χ0v) is 18.1. The Bertz CT molecular complexity index is 925. The van der Waals surface area contributed by atoms with Crippen LogP contribution in [0.5, 0.6) is 5.75 Å². The second-order valence-corrected chi connectivity index (χ2v) is 8.17. The van der Waals surface area contributed by atoms with E-state index in [9.17, 15) is 8.42 Å². The molecule has 2 aromatic carbocycles. The maximum atomic E-state index is 11.3. The van der Waals surface area contributed by atoms with Crippen LogP contribution < -0.4 is 20.5 Å². The largest absolute Gasteiger partial charge is 0.494 e. The summed E-state index contributed by atoms with van der Waals surface area (Å²) in [5.41, 5.74) is 3.20. The van der Waals surface area contributed by atoms with Gasteiger partial charge >= 0.3 is 0 Å². The number of nitrogens with one attached hydrogen (secondary N) is 2. The lowest BCUT2D eigenvalue weighted by Gasteiger charge is -2.13. The zero-order chi connectivity index (χ0) is 21.3. The normalized spacial score (nSPS) is 11.9. The van der Waals surface area contributed by atoms with Crippen molar-refractivity contribution in [2.45, 2.75) is 38.6 Å². The number of aryl methyl sites for hydroxylation is 1. The highest BCUT2D eigenvalue weighted by atomic mass is 32.2. The minimum Gasteiger partial charge on any atom is -0.494 e. The number of rotatable bonds is 9. The van der Waals surface area contributed by atoms with Gasteiger partial charge in [-0.2, -0.15) is 0 Å². The number of nitrogens with zero attached hydrogens (tertiary/aromatic N) is 1. The molecule has 0 unspecified atom stereocenters. The molecule has 4 N–H and O–H groups in total. The number of guanidine groups is 1. The molecule has 0 bridgehead atoms. The van der Waals surface area contributed by atoms with E-state index in [-0.39, 0.29) is 4.90 Å². The Morgan fingerprint density at radius 1 is 1.10 bits per heavy atom. The minimum absolute atomic E-state index is 0.118. The molecule has 0 amide bonds. The summed E-state index contributed by atoms with van der Waals surface area (Å²) >= 11 is 0. The van der Waals surface area contributed by atoms with E-state index >= 15 is 0 Å². The summed E-state index contributed by atoms with van der Waals surface area (Å²) in [7, 11) is -3.66. The second kappa shape index (κ2) is 10.8. The summed E-state index contributed by atoms with van der Waals surface area (Å²) in [5, 5.41) is 11.7. The number of hydrogen-bond acceptors (Lipinski definition) is 4. The number of primary sulfonamides is 1. The first-order valence-electron chi connectivity index (χ1n) is 9.69. The number of nitrogens with two attached hydrogens (primary N) is 1. The van der Waals surface area contributed by atoms with Gasteiger partial charge in [-0.05, 0) is 56.5 Å². The van der Waals surface area contributed by atoms with E-state index in [1.807, 2.05) is 32.9 Å². The van der Waals surface area contributed by atoms with Crippen LogP contribution in [0, 0.1) is 6.92 Å². The molecule has 0 aliphatic rings. The fourth-order valence-electron chi connectivity index (χ4n) is 2.76. The Kier molecular flexibility index (Phi) is 8.48. The van der Waals surface area contributed by atoms with Gasteiger partial charge in [-0.1, -0.05) is 24.3 Å². The first-order valence-corrected chi connectivity index (χ1v) is 11.2. The topological polar surface area (TPSA) is 106 Å². The summed E-state index contributed by atoms with van der Waals surface area (Å²) in [5.74, 6) is 1.58. The quantitative estimate of drug-likeness (QED) is 0.428. The van der Waals surface area contributed by atoms with E-state index in [0.717, 1.165) is 41.4 Å². The Balaban J connectivity index is 1.98. The van der Waals surface area contributed by atoms with Gasteiger partial charge in [0.05, 0.1) is 18.0 Å². The molecule has 0 atom stereocenters. The van der Waals surface area contributed by atoms with Crippen molar-refractivity contribution in [1.29, 1.82) is 0 Å². The maximum Gasteiger partial charge on any atom is 0.238 e. The Morgan fingerprint density at radius 2 is 1.83 bits per heavy atom. The average Bonchev–Trinajstić information content (AvgIpc) is 2.67. The van der Waals surface area contributed by atoms with Gasteiger partial charge < -0.3 is 15.4 Å². The highest BCUT2D eigenvalue weighted by molar-refractivity contribution is 7.89. The van der Waals surface area contributed by atoms with Gasteiger partial charge in [0.25, 0.3) is 0 Å². The summed E-state index contributed by atoms with van der Waals surface area (Å²) in [6.45, 7) is 8.55. The fourth-order valence-corrected chi connectivity index (χ4v) is 3.27. The summed E-state index contributed by atoms with van der Waals surface area (Å²) in [4.78, 5) is 4.77. The number of ether oxygens (including phenoxy) is 1. The first-order chi connectivity index (χ1) is 13.8. The molecule has 0 saturated heterocycles. The van der Waals surface area contributed by atoms with Gasteiger partial charge in [0.15, 0.2) is 5.96 Å². The summed E-state index contributed by atoms with van der Waals surface area (Å²) in [6, 6.07) is 12.7. The Hall–Kier alpha value is -2.58. The van der Waals surface area contributed by atoms with Crippen molar-refractivity contribution in [1.82, 2.24) is 10.6 Å². The van der Waals surface area contributed by atoms with Crippen LogP contribution in [-0.2, 0) is 23.0 Å². The SMILES string of the molecule is CCNC(=NCc1ccc(C)cc1OCC)NCCc1ccc(S(N)(=O)=O)cc1. The minimum atomic E-state index is -3.66. The lowest BCUT2D eigenvalue weighted by atomic mass is 10.1. The highest BCUT2D eigenvalue weighted by Crippen LogP contribution is 2.21. The van der Waals surface area contributed by atoms with Crippen LogP contribution in [0.3, 0.4) is 0 Å². The molecule has 0 aliphatic carbocycles. The lowest BCUT2D eigenvalue weighted by Crippen LogP contribution is -2.38. The monoisotopic (exact) mass is 418 g/mol. The van der Waals surface area contributed by atoms with E-state index in [1.54, 1.807) is 12.1 Å². The van der Waals surface area contributed by atoms with Crippen molar-refractivity contribution < 1.29 is 13.2 Å². The Labute approximate surface area is 173 Å². The van der Waals surface area contributed by atoms with Crippen molar-refractivity contribution in [3.63, 3.8) is 0 Å². The number of benzene rings is 2. The van der Waals surface area contributed by atoms with Crippen LogP contribution in [-0.4, -0.2) is 34.1 Å². The summed E-state index contributed by atoms with van der Waals surface area (Å²) < 4.78 is 28.4. The average molecular weight is 419 g/mol. The molecule has 0 radical (unpaired) electrons. The van der Waals surface area contributed by atoms with Crippen LogP contribution in [0.15, 0.2) is 52.4 Å². The molecule has 0 aromatic heterocycles. The third-order valence-corrected chi connectivity index (χ3v) is 5.16. The smallest absolute Gasteiger partial charge is 0.238 e. The van der Waals surface area contributed by atoms with Gasteiger partial charge in [0.1, 0.15) is 5.75 Å². The molecular weight excluding hydrogens is 388 g/mol. The molecule has 158 valence electrons. The van der Waals surface area contributed by atoms with Gasteiger partial charge in [-0.25, -0.2) is 18.5 Å². The molecular formula is C21H30N4O3S. The molecule has 29 heavy (non-hydrogen) atoms. The number of sulfonamides is 1. The molecule has 0 aliphatic heterocycles.